The summed E-state index contributed by atoms with van der Waals surface area (Å²) in [5.74, 6) is 0.155. The van der Waals surface area contributed by atoms with E-state index in [2.05, 4.69) is 15.0 Å². The number of nitrogens with zero attached hydrogens (tertiary/aromatic N) is 4. The van der Waals surface area contributed by atoms with E-state index in [1.54, 1.807) is 12.1 Å². The average Bonchev–Trinajstić information content (AvgIpc) is 2.70. The normalized spacial score (nSPS) is 11.1. The molecule has 2 aromatic carbocycles. The molecule has 0 bridgehead atoms. The van der Waals surface area contributed by atoms with Crippen LogP contribution in [0.2, 0.25) is 5.02 Å². The summed E-state index contributed by atoms with van der Waals surface area (Å²) in [6.07, 6.45) is 2.96. The highest BCUT2D eigenvalue weighted by molar-refractivity contribution is 7.98. The van der Waals surface area contributed by atoms with E-state index >= 15 is 0 Å². The third-order valence-corrected chi connectivity index (χ3v) is 5.52. The van der Waals surface area contributed by atoms with Gasteiger partial charge in [-0.3, -0.25) is 9.36 Å². The molecule has 0 saturated heterocycles. The predicted molar refractivity (Wildman–Crippen MR) is 108 cm³/mol. The van der Waals surface area contributed by atoms with Crippen molar-refractivity contribution in [3.63, 3.8) is 0 Å². The molecule has 0 atom stereocenters. The van der Waals surface area contributed by atoms with Crippen LogP contribution < -0.4 is 5.56 Å². The van der Waals surface area contributed by atoms with E-state index in [0.717, 1.165) is 11.1 Å². The molecule has 4 rings (SSSR count). The highest BCUT2D eigenvalue weighted by Gasteiger charge is 2.15. The van der Waals surface area contributed by atoms with Gasteiger partial charge in [0.15, 0.2) is 16.3 Å². The summed E-state index contributed by atoms with van der Waals surface area (Å²) in [5.41, 5.74) is 1.78. The summed E-state index contributed by atoms with van der Waals surface area (Å²) < 4.78 is 15.0. The smallest absolute Gasteiger partial charge is 0.281 e. The summed E-state index contributed by atoms with van der Waals surface area (Å²) in [7, 11) is 0. The Morgan fingerprint density at radius 3 is 2.71 bits per heavy atom. The minimum Gasteiger partial charge on any atom is -0.281 e. The lowest BCUT2D eigenvalue weighted by Crippen LogP contribution is -2.25. The van der Waals surface area contributed by atoms with Gasteiger partial charge >= 0.3 is 0 Å². The first-order valence-electron chi connectivity index (χ1n) is 8.44. The Morgan fingerprint density at radius 2 is 1.89 bits per heavy atom. The molecule has 0 spiro atoms. The fourth-order valence-electron chi connectivity index (χ4n) is 2.75. The minimum absolute atomic E-state index is 0.199. The van der Waals surface area contributed by atoms with Gasteiger partial charge in [-0.1, -0.05) is 53.7 Å². The molecule has 5 nitrogen and oxygen atoms in total. The van der Waals surface area contributed by atoms with Crippen LogP contribution in [0.25, 0.3) is 11.2 Å². The third kappa shape index (κ3) is 3.90. The van der Waals surface area contributed by atoms with Crippen molar-refractivity contribution in [2.75, 3.05) is 0 Å². The van der Waals surface area contributed by atoms with Gasteiger partial charge in [0.2, 0.25) is 0 Å². The second-order valence-corrected chi connectivity index (χ2v) is 7.37. The summed E-state index contributed by atoms with van der Waals surface area (Å²) in [6.45, 7) is 0.253. The van der Waals surface area contributed by atoms with Crippen LogP contribution in [0.1, 0.15) is 11.1 Å². The van der Waals surface area contributed by atoms with Crippen molar-refractivity contribution in [2.45, 2.75) is 17.5 Å². The fourth-order valence-corrected chi connectivity index (χ4v) is 3.88. The summed E-state index contributed by atoms with van der Waals surface area (Å²) in [4.78, 5) is 25.8. The second kappa shape index (κ2) is 8.08. The van der Waals surface area contributed by atoms with Gasteiger partial charge in [-0.25, -0.2) is 19.3 Å². The number of fused-ring (bicyclic) bond motifs is 1. The Kier molecular flexibility index (Phi) is 5.36. The quantitative estimate of drug-likeness (QED) is 0.361. The zero-order valence-corrected chi connectivity index (χ0v) is 16.1. The van der Waals surface area contributed by atoms with Gasteiger partial charge in [-0.05, 0) is 29.3 Å². The Hall–Kier alpha value is -2.77. The molecule has 0 saturated carbocycles. The highest BCUT2D eigenvalue weighted by atomic mass is 35.5. The first-order valence-corrected chi connectivity index (χ1v) is 9.80. The van der Waals surface area contributed by atoms with Gasteiger partial charge in [-0.2, -0.15) is 0 Å². The van der Waals surface area contributed by atoms with Gasteiger partial charge in [0, 0.05) is 23.2 Å². The Balaban J connectivity index is 1.77. The maximum Gasteiger partial charge on any atom is 0.282 e. The molecule has 2 aromatic heterocycles. The van der Waals surface area contributed by atoms with Crippen LogP contribution in [0.15, 0.2) is 70.9 Å². The van der Waals surface area contributed by atoms with Crippen molar-refractivity contribution in [2.24, 2.45) is 0 Å². The molecule has 0 aliphatic carbocycles. The molecule has 0 unspecified atom stereocenters. The van der Waals surface area contributed by atoms with Gasteiger partial charge in [0.25, 0.3) is 5.56 Å². The van der Waals surface area contributed by atoms with E-state index < -0.39 is 0 Å². The molecule has 2 heterocycles. The molecule has 4 aromatic rings. The van der Waals surface area contributed by atoms with E-state index in [4.69, 9.17) is 11.6 Å². The van der Waals surface area contributed by atoms with E-state index in [1.807, 2.05) is 24.3 Å². The number of halogens is 2. The standard InChI is InChI=1S/C20H14ClFN4OS/c21-16-7-2-1-5-14(16)11-26-19(27)17-18(24-9-8-23-17)25-20(26)28-12-13-4-3-6-15(22)10-13/h1-10H,11-12H2. The summed E-state index contributed by atoms with van der Waals surface area (Å²) >= 11 is 7.61. The predicted octanol–water partition coefficient (Wildman–Crippen LogP) is 4.32. The van der Waals surface area contributed by atoms with Crippen LogP contribution in [-0.4, -0.2) is 19.5 Å². The van der Waals surface area contributed by atoms with Crippen LogP contribution in [0.5, 0.6) is 0 Å². The topological polar surface area (TPSA) is 60.7 Å². The summed E-state index contributed by atoms with van der Waals surface area (Å²) in [6, 6.07) is 13.7. The van der Waals surface area contributed by atoms with Crippen molar-refractivity contribution < 1.29 is 4.39 Å². The minimum atomic E-state index is -0.302. The van der Waals surface area contributed by atoms with Crippen molar-refractivity contribution >= 4 is 34.5 Å². The van der Waals surface area contributed by atoms with Crippen molar-refractivity contribution in [1.82, 2.24) is 19.5 Å². The number of benzene rings is 2. The lowest BCUT2D eigenvalue weighted by atomic mass is 10.2. The number of rotatable bonds is 5. The Bertz CT molecular complexity index is 1210. The monoisotopic (exact) mass is 412 g/mol. The molecule has 0 radical (unpaired) electrons. The highest BCUT2D eigenvalue weighted by Crippen LogP contribution is 2.24. The third-order valence-electron chi connectivity index (χ3n) is 4.10. The van der Waals surface area contributed by atoms with Crippen molar-refractivity contribution in [3.05, 3.63) is 93.2 Å². The van der Waals surface area contributed by atoms with E-state index in [1.165, 1.54) is 40.9 Å². The molecule has 140 valence electrons. The second-order valence-electron chi connectivity index (χ2n) is 6.02. The number of thioether (sulfide) groups is 1. The Labute approximate surface area is 169 Å². The maximum absolute atomic E-state index is 13.5. The van der Waals surface area contributed by atoms with Crippen LogP contribution in [-0.2, 0) is 12.3 Å². The molecule has 0 aliphatic heterocycles. The van der Waals surface area contributed by atoms with Gasteiger partial charge in [0.05, 0.1) is 6.54 Å². The zero-order chi connectivity index (χ0) is 19.5. The lowest BCUT2D eigenvalue weighted by molar-refractivity contribution is 0.626. The first kappa shape index (κ1) is 18.6. The van der Waals surface area contributed by atoms with E-state index in [0.29, 0.717) is 15.9 Å². The van der Waals surface area contributed by atoms with E-state index in [9.17, 15) is 9.18 Å². The molecular weight excluding hydrogens is 399 g/mol. The SMILES string of the molecule is O=c1c2nccnc2nc(SCc2cccc(F)c2)n1Cc1ccccc1Cl. The Morgan fingerprint density at radius 1 is 1.07 bits per heavy atom. The summed E-state index contributed by atoms with van der Waals surface area (Å²) in [5, 5.41) is 1.04. The molecule has 0 fully saturated rings. The van der Waals surface area contributed by atoms with Crippen molar-refractivity contribution in [1.29, 1.82) is 0 Å². The van der Waals surface area contributed by atoms with Crippen LogP contribution in [0.3, 0.4) is 0 Å². The zero-order valence-electron chi connectivity index (χ0n) is 14.5. The van der Waals surface area contributed by atoms with Gasteiger partial charge < -0.3 is 0 Å². The van der Waals surface area contributed by atoms with Gasteiger partial charge in [-0.15, -0.1) is 0 Å². The van der Waals surface area contributed by atoms with Crippen LogP contribution in [0, 0.1) is 5.82 Å². The molecular formula is C20H14ClFN4OS. The van der Waals surface area contributed by atoms with Crippen LogP contribution in [0.4, 0.5) is 4.39 Å². The average molecular weight is 413 g/mol. The van der Waals surface area contributed by atoms with Crippen LogP contribution >= 0.6 is 23.4 Å². The fraction of sp³-hybridized carbons (Fsp3) is 0.100. The van der Waals surface area contributed by atoms with Gasteiger partial charge in [0.1, 0.15) is 5.82 Å². The molecule has 0 aliphatic rings. The van der Waals surface area contributed by atoms with Crippen molar-refractivity contribution in [3.8, 4) is 0 Å². The number of aromatic nitrogens is 4. The maximum atomic E-state index is 13.5. The number of hydrogen-bond acceptors (Lipinski definition) is 5. The first-order chi connectivity index (χ1) is 13.6. The molecule has 0 amide bonds. The number of hydrogen-bond donors (Lipinski definition) is 0. The molecule has 28 heavy (non-hydrogen) atoms. The largest absolute Gasteiger partial charge is 0.282 e. The van der Waals surface area contributed by atoms with E-state index in [-0.39, 0.29) is 29.1 Å². The lowest BCUT2D eigenvalue weighted by Gasteiger charge is -2.13. The molecule has 0 N–H and O–H groups in total. The molecule has 8 heteroatoms.